The normalized spacial score (nSPS) is 11.8. The molecule has 0 fully saturated rings. The maximum Gasteiger partial charge on any atom is 0.0210 e. The van der Waals surface area contributed by atoms with Crippen molar-refractivity contribution in [2.24, 2.45) is 0 Å². The molecule has 0 saturated heterocycles. The Kier molecular flexibility index (Phi) is 5.04. The molecule has 0 bridgehead atoms. The second kappa shape index (κ2) is 5.86. The molecule has 0 heterocycles. The third-order valence-corrected chi connectivity index (χ3v) is 3.70. The molecule has 0 atom stereocenters. The molecule has 1 aromatic carbocycles. The SMILES string of the molecule is CCCCCc1c(Br)cccc1C(C)(C)C. The lowest BCUT2D eigenvalue weighted by Gasteiger charge is -2.24. The predicted octanol–water partition coefficient (Wildman–Crippen LogP) is 5.48. The monoisotopic (exact) mass is 282 g/mol. The Morgan fingerprint density at radius 3 is 2.38 bits per heavy atom. The van der Waals surface area contributed by atoms with Gasteiger partial charge in [0.2, 0.25) is 0 Å². The molecule has 0 aliphatic rings. The highest BCUT2D eigenvalue weighted by Gasteiger charge is 2.18. The fourth-order valence-corrected chi connectivity index (χ4v) is 2.63. The molecule has 1 heteroatoms. The molecule has 0 unspecified atom stereocenters. The molecule has 0 saturated carbocycles. The number of rotatable bonds is 4. The van der Waals surface area contributed by atoms with Crippen LogP contribution in [-0.2, 0) is 11.8 Å². The van der Waals surface area contributed by atoms with Crippen LogP contribution in [-0.4, -0.2) is 0 Å². The van der Waals surface area contributed by atoms with Crippen molar-refractivity contribution >= 4 is 15.9 Å². The molecule has 16 heavy (non-hydrogen) atoms. The van der Waals surface area contributed by atoms with Crippen molar-refractivity contribution in [3.05, 3.63) is 33.8 Å². The molecule has 0 aliphatic heterocycles. The van der Waals surface area contributed by atoms with Gasteiger partial charge in [0.1, 0.15) is 0 Å². The minimum absolute atomic E-state index is 0.241. The highest BCUT2D eigenvalue weighted by atomic mass is 79.9. The summed E-state index contributed by atoms with van der Waals surface area (Å²) in [5, 5.41) is 0. The molecule has 0 N–H and O–H groups in total. The number of hydrogen-bond acceptors (Lipinski definition) is 0. The van der Waals surface area contributed by atoms with Crippen molar-refractivity contribution in [2.75, 3.05) is 0 Å². The van der Waals surface area contributed by atoms with E-state index in [1.807, 2.05) is 0 Å². The molecular formula is C15H23Br. The highest BCUT2D eigenvalue weighted by Crippen LogP contribution is 2.31. The number of benzene rings is 1. The first-order valence-corrected chi connectivity index (χ1v) is 7.04. The molecule has 0 spiro atoms. The standard InChI is InChI=1S/C15H23Br/c1-5-6-7-9-12-13(15(2,3)4)10-8-11-14(12)16/h8,10-11H,5-7,9H2,1-4H3. The second-order valence-corrected chi connectivity index (χ2v) is 6.33. The molecule has 0 nitrogen and oxygen atoms in total. The van der Waals surface area contributed by atoms with Gasteiger partial charge < -0.3 is 0 Å². The largest absolute Gasteiger partial charge is 0.0654 e. The van der Waals surface area contributed by atoms with Crippen LogP contribution in [0.15, 0.2) is 22.7 Å². The van der Waals surface area contributed by atoms with Gasteiger partial charge in [-0.1, -0.05) is 68.6 Å². The fourth-order valence-electron chi connectivity index (χ4n) is 2.07. The van der Waals surface area contributed by atoms with Gasteiger partial charge >= 0.3 is 0 Å². The van der Waals surface area contributed by atoms with Crippen LogP contribution in [0.2, 0.25) is 0 Å². The Balaban J connectivity index is 2.95. The Morgan fingerprint density at radius 1 is 1.12 bits per heavy atom. The summed E-state index contributed by atoms with van der Waals surface area (Å²) >= 11 is 3.69. The summed E-state index contributed by atoms with van der Waals surface area (Å²) in [4.78, 5) is 0. The third-order valence-electron chi connectivity index (χ3n) is 2.96. The van der Waals surface area contributed by atoms with Crippen molar-refractivity contribution in [3.63, 3.8) is 0 Å². The van der Waals surface area contributed by atoms with Gasteiger partial charge in [0.05, 0.1) is 0 Å². The molecule has 1 rings (SSSR count). The van der Waals surface area contributed by atoms with Crippen molar-refractivity contribution < 1.29 is 0 Å². The minimum atomic E-state index is 0.241. The minimum Gasteiger partial charge on any atom is -0.0654 e. The van der Waals surface area contributed by atoms with E-state index < -0.39 is 0 Å². The van der Waals surface area contributed by atoms with Crippen LogP contribution < -0.4 is 0 Å². The number of hydrogen-bond donors (Lipinski definition) is 0. The summed E-state index contributed by atoms with van der Waals surface area (Å²) in [6.07, 6.45) is 5.10. The first kappa shape index (κ1) is 13.8. The zero-order chi connectivity index (χ0) is 12.2. The van der Waals surface area contributed by atoms with E-state index >= 15 is 0 Å². The summed E-state index contributed by atoms with van der Waals surface area (Å²) in [5.41, 5.74) is 3.23. The van der Waals surface area contributed by atoms with E-state index in [2.05, 4.69) is 61.8 Å². The van der Waals surface area contributed by atoms with Gasteiger partial charge in [-0.25, -0.2) is 0 Å². The first-order valence-electron chi connectivity index (χ1n) is 6.24. The molecular weight excluding hydrogens is 260 g/mol. The molecule has 0 aliphatic carbocycles. The van der Waals surface area contributed by atoms with Crippen molar-refractivity contribution in [1.29, 1.82) is 0 Å². The van der Waals surface area contributed by atoms with Gasteiger partial charge in [-0.15, -0.1) is 0 Å². The second-order valence-electron chi connectivity index (χ2n) is 5.47. The number of unbranched alkanes of at least 4 members (excludes halogenated alkanes) is 2. The van der Waals surface area contributed by atoms with E-state index in [9.17, 15) is 0 Å². The summed E-state index contributed by atoms with van der Waals surface area (Å²) in [5.74, 6) is 0. The molecule has 0 radical (unpaired) electrons. The van der Waals surface area contributed by atoms with Gasteiger partial charge in [-0.2, -0.15) is 0 Å². The fraction of sp³-hybridized carbons (Fsp3) is 0.600. The zero-order valence-electron chi connectivity index (χ0n) is 10.9. The predicted molar refractivity (Wildman–Crippen MR) is 76.1 cm³/mol. The zero-order valence-corrected chi connectivity index (χ0v) is 12.5. The van der Waals surface area contributed by atoms with Crippen LogP contribution in [0.1, 0.15) is 58.1 Å². The van der Waals surface area contributed by atoms with Crippen LogP contribution in [0.4, 0.5) is 0 Å². The molecule has 1 aromatic rings. The average Bonchev–Trinajstić information content (AvgIpc) is 2.19. The topological polar surface area (TPSA) is 0 Å². The summed E-state index contributed by atoms with van der Waals surface area (Å²) < 4.78 is 1.27. The summed E-state index contributed by atoms with van der Waals surface area (Å²) in [7, 11) is 0. The maximum atomic E-state index is 3.69. The van der Waals surface area contributed by atoms with E-state index in [1.165, 1.54) is 41.3 Å². The van der Waals surface area contributed by atoms with Crippen LogP contribution in [0.25, 0.3) is 0 Å². The Hall–Kier alpha value is -0.300. The smallest absolute Gasteiger partial charge is 0.0210 e. The molecule has 0 aromatic heterocycles. The Labute approximate surface area is 109 Å². The lowest BCUT2D eigenvalue weighted by Crippen LogP contribution is -2.14. The Bertz CT molecular complexity index is 334. The Morgan fingerprint density at radius 2 is 1.81 bits per heavy atom. The van der Waals surface area contributed by atoms with Crippen LogP contribution >= 0.6 is 15.9 Å². The van der Waals surface area contributed by atoms with Crippen LogP contribution in [0.3, 0.4) is 0 Å². The van der Waals surface area contributed by atoms with Crippen LogP contribution in [0.5, 0.6) is 0 Å². The van der Waals surface area contributed by atoms with E-state index in [1.54, 1.807) is 0 Å². The van der Waals surface area contributed by atoms with Crippen molar-refractivity contribution in [3.8, 4) is 0 Å². The van der Waals surface area contributed by atoms with E-state index in [0.29, 0.717) is 0 Å². The van der Waals surface area contributed by atoms with E-state index in [4.69, 9.17) is 0 Å². The molecule has 90 valence electrons. The highest BCUT2D eigenvalue weighted by molar-refractivity contribution is 9.10. The lowest BCUT2D eigenvalue weighted by molar-refractivity contribution is 0.577. The van der Waals surface area contributed by atoms with E-state index in [0.717, 1.165) is 0 Å². The van der Waals surface area contributed by atoms with E-state index in [-0.39, 0.29) is 5.41 Å². The first-order chi connectivity index (χ1) is 7.46. The number of halogens is 1. The van der Waals surface area contributed by atoms with Gasteiger partial charge in [0.25, 0.3) is 0 Å². The average molecular weight is 283 g/mol. The molecule has 0 amide bonds. The van der Waals surface area contributed by atoms with Crippen molar-refractivity contribution in [2.45, 2.75) is 58.8 Å². The van der Waals surface area contributed by atoms with Gasteiger partial charge in [0.15, 0.2) is 0 Å². The summed E-state index contributed by atoms with van der Waals surface area (Å²) in [6.45, 7) is 9.12. The quantitative estimate of drug-likeness (QED) is 0.642. The van der Waals surface area contributed by atoms with Gasteiger partial charge in [0, 0.05) is 4.47 Å². The van der Waals surface area contributed by atoms with Crippen LogP contribution in [0, 0.1) is 0 Å². The van der Waals surface area contributed by atoms with Gasteiger partial charge in [-0.3, -0.25) is 0 Å². The van der Waals surface area contributed by atoms with Gasteiger partial charge in [-0.05, 0) is 35.4 Å². The third kappa shape index (κ3) is 3.62. The lowest BCUT2D eigenvalue weighted by atomic mass is 9.82. The maximum absolute atomic E-state index is 3.69. The van der Waals surface area contributed by atoms with Crippen molar-refractivity contribution in [1.82, 2.24) is 0 Å². The summed E-state index contributed by atoms with van der Waals surface area (Å²) in [6, 6.07) is 6.58.